The molecule has 0 aliphatic rings. The van der Waals surface area contributed by atoms with Gasteiger partial charge in [0.15, 0.2) is 0 Å². The number of nitrogens with zero attached hydrogens (tertiary/aromatic N) is 2. The van der Waals surface area contributed by atoms with Gasteiger partial charge in [-0.25, -0.2) is 9.48 Å². The van der Waals surface area contributed by atoms with Crippen LogP contribution in [-0.4, -0.2) is 26.3 Å². The summed E-state index contributed by atoms with van der Waals surface area (Å²) in [7, 11) is 0. The number of hydrogen-bond donors (Lipinski definition) is 1. The molecular weight excluding hydrogens is 397 g/mol. The quantitative estimate of drug-likeness (QED) is 0.650. The number of nitrogens with one attached hydrogen (secondary N) is 1. The van der Waals surface area contributed by atoms with Crippen LogP contribution >= 0.6 is 34.8 Å². The van der Waals surface area contributed by atoms with Gasteiger partial charge in [0.1, 0.15) is 12.4 Å². The van der Waals surface area contributed by atoms with E-state index < -0.39 is 9.89 Å². The summed E-state index contributed by atoms with van der Waals surface area (Å²) in [4.78, 5) is 12.1. The van der Waals surface area contributed by atoms with Crippen LogP contribution in [0.15, 0.2) is 24.3 Å². The van der Waals surface area contributed by atoms with Crippen LogP contribution in [0.25, 0.3) is 5.69 Å². The standard InChI is InChI=1S/C18H22Cl3N3O2/c1-11-6-7-13(12(2)8-11)24-15(9-14(23-24)17(3,4)5)22-16(25)26-10-18(19,20)21/h6-9H,10H2,1-5H3,(H,22,25). The van der Waals surface area contributed by atoms with E-state index >= 15 is 0 Å². The van der Waals surface area contributed by atoms with E-state index in [-0.39, 0.29) is 12.0 Å². The lowest BCUT2D eigenvalue weighted by Crippen LogP contribution is -2.22. The molecule has 0 bridgehead atoms. The number of hydrogen-bond acceptors (Lipinski definition) is 3. The Morgan fingerprint density at radius 3 is 2.38 bits per heavy atom. The van der Waals surface area contributed by atoms with Gasteiger partial charge in [-0.3, -0.25) is 5.32 Å². The van der Waals surface area contributed by atoms with E-state index in [1.807, 2.05) is 52.8 Å². The number of aryl methyl sites for hydroxylation is 2. The molecule has 1 N–H and O–H groups in total. The topological polar surface area (TPSA) is 56.2 Å². The third-order valence-electron chi connectivity index (χ3n) is 3.66. The molecule has 1 aromatic carbocycles. The normalized spacial score (nSPS) is 12.2. The number of halogens is 3. The van der Waals surface area contributed by atoms with Gasteiger partial charge in [0.05, 0.1) is 11.4 Å². The lowest BCUT2D eigenvalue weighted by Gasteiger charge is -2.14. The minimum absolute atomic E-state index is 0.193. The molecule has 142 valence electrons. The third kappa shape index (κ3) is 5.53. The molecule has 2 rings (SSSR count). The maximum absolute atomic E-state index is 12.1. The molecule has 0 radical (unpaired) electrons. The van der Waals surface area contributed by atoms with Crippen LogP contribution in [0.5, 0.6) is 0 Å². The number of aromatic nitrogens is 2. The fourth-order valence-electron chi connectivity index (χ4n) is 2.35. The highest BCUT2D eigenvalue weighted by Gasteiger charge is 2.25. The Morgan fingerprint density at radius 1 is 1.19 bits per heavy atom. The van der Waals surface area contributed by atoms with Crippen molar-refractivity contribution in [2.75, 3.05) is 11.9 Å². The number of carbonyl (C=O) groups is 1. The fraction of sp³-hybridized carbons (Fsp3) is 0.444. The zero-order valence-corrected chi connectivity index (χ0v) is 17.6. The second kappa shape index (κ2) is 7.67. The van der Waals surface area contributed by atoms with Crippen molar-refractivity contribution >= 4 is 46.7 Å². The van der Waals surface area contributed by atoms with E-state index in [1.54, 1.807) is 4.68 Å². The predicted octanol–water partition coefficient (Wildman–Crippen LogP) is 5.71. The van der Waals surface area contributed by atoms with E-state index in [4.69, 9.17) is 39.5 Å². The van der Waals surface area contributed by atoms with Crippen molar-refractivity contribution in [1.82, 2.24) is 9.78 Å². The minimum atomic E-state index is -1.66. The summed E-state index contributed by atoms with van der Waals surface area (Å²) < 4.78 is 4.98. The van der Waals surface area contributed by atoms with E-state index in [9.17, 15) is 4.79 Å². The van der Waals surface area contributed by atoms with E-state index in [2.05, 4.69) is 16.5 Å². The molecule has 0 saturated carbocycles. The van der Waals surface area contributed by atoms with Crippen LogP contribution in [0, 0.1) is 13.8 Å². The zero-order valence-electron chi connectivity index (χ0n) is 15.4. The molecule has 0 saturated heterocycles. The first-order chi connectivity index (χ1) is 11.9. The Kier molecular flexibility index (Phi) is 6.16. The van der Waals surface area contributed by atoms with Crippen molar-refractivity contribution in [2.24, 2.45) is 0 Å². The molecule has 0 aliphatic heterocycles. The lowest BCUT2D eigenvalue weighted by molar-refractivity contribution is 0.163. The minimum Gasteiger partial charge on any atom is -0.445 e. The van der Waals surface area contributed by atoms with Gasteiger partial charge < -0.3 is 4.74 Å². The number of anilines is 1. The second-order valence-electron chi connectivity index (χ2n) is 7.18. The Hall–Kier alpha value is -1.43. The smallest absolute Gasteiger partial charge is 0.412 e. The largest absolute Gasteiger partial charge is 0.445 e. The number of amides is 1. The van der Waals surface area contributed by atoms with Crippen LogP contribution in [0.3, 0.4) is 0 Å². The van der Waals surface area contributed by atoms with Gasteiger partial charge in [-0.05, 0) is 25.5 Å². The maximum Gasteiger partial charge on any atom is 0.412 e. The van der Waals surface area contributed by atoms with Gasteiger partial charge in [0.25, 0.3) is 0 Å². The van der Waals surface area contributed by atoms with Gasteiger partial charge in [0.2, 0.25) is 3.79 Å². The number of ether oxygens (including phenoxy) is 1. The first kappa shape index (κ1) is 20.9. The summed E-state index contributed by atoms with van der Waals surface area (Å²) >= 11 is 16.8. The Balaban J connectivity index is 2.38. The van der Waals surface area contributed by atoms with Gasteiger partial charge in [0, 0.05) is 11.5 Å². The average Bonchev–Trinajstić information content (AvgIpc) is 2.88. The fourth-order valence-corrected chi connectivity index (χ4v) is 2.52. The molecule has 1 aromatic heterocycles. The maximum atomic E-state index is 12.1. The van der Waals surface area contributed by atoms with Crippen molar-refractivity contribution in [3.8, 4) is 5.69 Å². The molecule has 26 heavy (non-hydrogen) atoms. The summed E-state index contributed by atoms with van der Waals surface area (Å²) in [6.45, 7) is 9.80. The monoisotopic (exact) mass is 417 g/mol. The number of carbonyl (C=O) groups excluding carboxylic acids is 1. The molecule has 5 nitrogen and oxygen atoms in total. The molecule has 8 heteroatoms. The first-order valence-electron chi connectivity index (χ1n) is 8.05. The van der Waals surface area contributed by atoms with Gasteiger partial charge in [-0.15, -0.1) is 0 Å². The van der Waals surface area contributed by atoms with Crippen molar-refractivity contribution in [2.45, 2.75) is 43.8 Å². The molecule has 0 spiro atoms. The van der Waals surface area contributed by atoms with Crippen molar-refractivity contribution < 1.29 is 9.53 Å². The highest BCUT2D eigenvalue weighted by atomic mass is 35.6. The van der Waals surface area contributed by atoms with Crippen molar-refractivity contribution in [3.63, 3.8) is 0 Å². The van der Waals surface area contributed by atoms with E-state index in [0.717, 1.165) is 22.5 Å². The summed E-state index contributed by atoms with van der Waals surface area (Å²) in [5.41, 5.74) is 3.68. The Labute approximate surface area is 168 Å². The van der Waals surface area contributed by atoms with Crippen LogP contribution in [0.2, 0.25) is 0 Å². The third-order valence-corrected chi connectivity index (χ3v) is 3.98. The summed E-state index contributed by atoms with van der Waals surface area (Å²) in [6, 6.07) is 7.82. The van der Waals surface area contributed by atoms with Gasteiger partial charge >= 0.3 is 6.09 Å². The molecule has 1 heterocycles. The van der Waals surface area contributed by atoms with Crippen molar-refractivity contribution in [3.05, 3.63) is 41.1 Å². The highest BCUT2D eigenvalue weighted by molar-refractivity contribution is 6.67. The van der Waals surface area contributed by atoms with E-state index in [0.29, 0.717) is 5.82 Å². The molecule has 0 fully saturated rings. The molecule has 1 amide bonds. The second-order valence-corrected chi connectivity index (χ2v) is 9.70. The number of benzene rings is 1. The summed E-state index contributed by atoms with van der Waals surface area (Å²) in [5, 5.41) is 7.35. The Bertz CT molecular complexity index is 805. The SMILES string of the molecule is Cc1ccc(-n2nc(C(C)(C)C)cc2NC(=O)OCC(Cl)(Cl)Cl)c(C)c1. The molecule has 0 aliphatic carbocycles. The van der Waals surface area contributed by atoms with Crippen LogP contribution in [0.4, 0.5) is 10.6 Å². The zero-order chi connectivity index (χ0) is 19.7. The molecule has 0 atom stereocenters. The molecule has 2 aromatic rings. The number of alkyl halides is 3. The van der Waals surface area contributed by atoms with Gasteiger partial charge in [-0.2, -0.15) is 5.10 Å². The summed E-state index contributed by atoms with van der Waals surface area (Å²) in [5.74, 6) is 0.483. The van der Waals surface area contributed by atoms with Crippen molar-refractivity contribution in [1.29, 1.82) is 0 Å². The number of rotatable bonds is 3. The van der Waals surface area contributed by atoms with Gasteiger partial charge in [-0.1, -0.05) is 73.3 Å². The summed E-state index contributed by atoms with van der Waals surface area (Å²) in [6.07, 6.45) is -0.720. The van der Waals surface area contributed by atoms with Crippen LogP contribution in [-0.2, 0) is 10.2 Å². The molecule has 0 unspecified atom stereocenters. The lowest BCUT2D eigenvalue weighted by atomic mass is 9.92. The van der Waals surface area contributed by atoms with Crippen LogP contribution in [0.1, 0.15) is 37.6 Å². The highest BCUT2D eigenvalue weighted by Crippen LogP contribution is 2.29. The van der Waals surface area contributed by atoms with E-state index in [1.165, 1.54) is 0 Å². The predicted molar refractivity (Wildman–Crippen MR) is 107 cm³/mol. The molecular formula is C18H22Cl3N3O2. The Morgan fingerprint density at radius 2 is 1.85 bits per heavy atom. The van der Waals surface area contributed by atoms with Crippen LogP contribution < -0.4 is 5.32 Å². The average molecular weight is 419 g/mol. The first-order valence-corrected chi connectivity index (χ1v) is 9.19.